The number of rotatable bonds is 5. The molecular formula is C14H20ClF3N2O3. The summed E-state index contributed by atoms with van der Waals surface area (Å²) >= 11 is 0. The Morgan fingerprint density at radius 1 is 1.26 bits per heavy atom. The van der Waals surface area contributed by atoms with Crippen LogP contribution in [0.2, 0.25) is 0 Å². The van der Waals surface area contributed by atoms with E-state index in [4.69, 9.17) is 0 Å². The van der Waals surface area contributed by atoms with Crippen molar-refractivity contribution in [3.05, 3.63) is 23.8 Å². The molecule has 0 bridgehead atoms. The third-order valence-electron chi connectivity index (χ3n) is 3.59. The van der Waals surface area contributed by atoms with Crippen molar-refractivity contribution < 1.29 is 28.1 Å². The zero-order valence-electron chi connectivity index (χ0n) is 12.3. The lowest BCUT2D eigenvalue weighted by atomic mass is 10.00. The fourth-order valence-electron chi connectivity index (χ4n) is 2.65. The summed E-state index contributed by atoms with van der Waals surface area (Å²) in [4.78, 5) is 2.03. The molecule has 1 aromatic carbocycles. The summed E-state index contributed by atoms with van der Waals surface area (Å²) in [6.45, 7) is 2.75. The number of phenols is 1. The molecule has 0 spiro atoms. The number of hydrogen-bond donors (Lipinski definition) is 3. The first-order chi connectivity index (χ1) is 10.4. The summed E-state index contributed by atoms with van der Waals surface area (Å²) in [7, 11) is 0. The number of phenolic OH excluding ortho intramolecular Hbond substituents is 1. The lowest BCUT2D eigenvalue weighted by Crippen LogP contribution is -2.45. The minimum Gasteiger partial charge on any atom is -0.508 e. The second kappa shape index (κ2) is 8.58. The van der Waals surface area contributed by atoms with Gasteiger partial charge in [0.1, 0.15) is 11.5 Å². The Morgan fingerprint density at radius 2 is 1.91 bits per heavy atom. The normalized spacial score (nSPS) is 17.4. The molecular weight excluding hydrogens is 337 g/mol. The quantitative estimate of drug-likeness (QED) is 0.753. The largest absolute Gasteiger partial charge is 0.573 e. The van der Waals surface area contributed by atoms with Gasteiger partial charge in [0, 0.05) is 44.4 Å². The lowest BCUT2D eigenvalue weighted by molar-refractivity contribution is -0.274. The number of nitrogens with zero attached hydrogens (tertiary/aromatic N) is 1. The molecule has 0 radical (unpaired) electrons. The van der Waals surface area contributed by atoms with E-state index in [-0.39, 0.29) is 36.6 Å². The molecule has 0 saturated carbocycles. The molecule has 0 aromatic heterocycles. The summed E-state index contributed by atoms with van der Waals surface area (Å²) in [5.74, 6) is -0.482. The van der Waals surface area contributed by atoms with Gasteiger partial charge >= 0.3 is 6.36 Å². The van der Waals surface area contributed by atoms with E-state index in [1.807, 2.05) is 4.90 Å². The molecule has 0 amide bonds. The second-order valence-corrected chi connectivity index (χ2v) is 5.08. The van der Waals surface area contributed by atoms with Gasteiger partial charge < -0.3 is 20.3 Å². The highest BCUT2D eigenvalue weighted by atomic mass is 35.5. The van der Waals surface area contributed by atoms with Gasteiger partial charge in [-0.3, -0.25) is 4.90 Å². The minimum absolute atomic E-state index is 0. The number of nitrogens with one attached hydrogen (secondary N) is 1. The summed E-state index contributed by atoms with van der Waals surface area (Å²) in [6, 6.07) is 3.08. The standard InChI is InChI=1S/C14H19F3N2O3.ClH/c15-14(16,17)22-10-1-2-13(21)11(9-10)12(3-8-20)19-6-4-18-5-7-19;/h1-2,9,12,18,20-21H,3-8H2;1H/t12-;/m1./s1. The predicted octanol–water partition coefficient (Wildman–Crippen LogP) is 2.04. The summed E-state index contributed by atoms with van der Waals surface area (Å²) in [5, 5.41) is 22.4. The van der Waals surface area contributed by atoms with E-state index in [0.29, 0.717) is 25.1 Å². The van der Waals surface area contributed by atoms with E-state index in [0.717, 1.165) is 19.2 Å². The zero-order chi connectivity index (χ0) is 16.2. The van der Waals surface area contributed by atoms with Crippen LogP contribution in [0.5, 0.6) is 11.5 Å². The van der Waals surface area contributed by atoms with Crippen molar-refractivity contribution in [1.29, 1.82) is 0 Å². The number of aliphatic hydroxyl groups excluding tert-OH is 1. The molecule has 1 aliphatic heterocycles. The van der Waals surface area contributed by atoms with Gasteiger partial charge in [-0.25, -0.2) is 0 Å². The van der Waals surface area contributed by atoms with Crippen LogP contribution in [0.1, 0.15) is 18.0 Å². The Bertz CT molecular complexity index is 497. The van der Waals surface area contributed by atoms with Crippen molar-refractivity contribution in [3.8, 4) is 11.5 Å². The zero-order valence-corrected chi connectivity index (χ0v) is 13.2. The molecule has 1 aliphatic rings. The van der Waals surface area contributed by atoms with E-state index in [1.165, 1.54) is 12.1 Å². The summed E-state index contributed by atoms with van der Waals surface area (Å²) in [5.41, 5.74) is 0.331. The van der Waals surface area contributed by atoms with Gasteiger partial charge in [-0.2, -0.15) is 0 Å². The molecule has 132 valence electrons. The van der Waals surface area contributed by atoms with Gasteiger partial charge in [-0.05, 0) is 24.6 Å². The number of alkyl halides is 3. The van der Waals surface area contributed by atoms with Gasteiger partial charge in [-0.1, -0.05) is 0 Å². The molecule has 3 N–H and O–H groups in total. The van der Waals surface area contributed by atoms with Crippen molar-refractivity contribution >= 4 is 12.4 Å². The fraction of sp³-hybridized carbons (Fsp3) is 0.571. The number of hydrogen-bond acceptors (Lipinski definition) is 5. The second-order valence-electron chi connectivity index (χ2n) is 5.08. The van der Waals surface area contributed by atoms with Crippen LogP contribution >= 0.6 is 12.4 Å². The number of piperazine rings is 1. The average molecular weight is 357 g/mol. The molecule has 9 heteroatoms. The van der Waals surface area contributed by atoms with Crippen LogP contribution in [0.15, 0.2) is 18.2 Å². The molecule has 1 heterocycles. The highest BCUT2D eigenvalue weighted by Gasteiger charge is 2.32. The van der Waals surface area contributed by atoms with Crippen LogP contribution in [0.25, 0.3) is 0 Å². The lowest BCUT2D eigenvalue weighted by Gasteiger charge is -2.35. The minimum atomic E-state index is -4.78. The smallest absolute Gasteiger partial charge is 0.508 e. The van der Waals surface area contributed by atoms with Crippen molar-refractivity contribution in [3.63, 3.8) is 0 Å². The highest BCUT2D eigenvalue weighted by Crippen LogP contribution is 2.35. The van der Waals surface area contributed by atoms with Crippen LogP contribution < -0.4 is 10.1 Å². The summed E-state index contributed by atoms with van der Waals surface area (Å²) in [6.07, 6.45) is -4.46. The molecule has 23 heavy (non-hydrogen) atoms. The molecule has 2 rings (SSSR count). The van der Waals surface area contributed by atoms with Crippen LogP contribution in [-0.4, -0.2) is 54.3 Å². The third-order valence-corrected chi connectivity index (χ3v) is 3.59. The Labute approximate surface area is 138 Å². The maximum absolute atomic E-state index is 12.3. The average Bonchev–Trinajstić information content (AvgIpc) is 2.46. The summed E-state index contributed by atoms with van der Waals surface area (Å²) < 4.78 is 40.9. The number of aromatic hydroxyl groups is 1. The maximum atomic E-state index is 12.3. The van der Waals surface area contributed by atoms with E-state index in [1.54, 1.807) is 0 Å². The van der Waals surface area contributed by atoms with Crippen LogP contribution in [0.3, 0.4) is 0 Å². The third kappa shape index (κ3) is 5.72. The van der Waals surface area contributed by atoms with Gasteiger partial charge in [-0.15, -0.1) is 25.6 Å². The number of benzene rings is 1. The topological polar surface area (TPSA) is 65.0 Å². The van der Waals surface area contributed by atoms with Gasteiger partial charge in [0.05, 0.1) is 0 Å². The highest BCUT2D eigenvalue weighted by molar-refractivity contribution is 5.85. The number of halogens is 4. The Morgan fingerprint density at radius 3 is 2.48 bits per heavy atom. The maximum Gasteiger partial charge on any atom is 0.573 e. The van der Waals surface area contributed by atoms with Crippen LogP contribution in [0, 0.1) is 0 Å². The van der Waals surface area contributed by atoms with E-state index >= 15 is 0 Å². The monoisotopic (exact) mass is 356 g/mol. The van der Waals surface area contributed by atoms with Gasteiger partial charge in [0.25, 0.3) is 0 Å². The first-order valence-electron chi connectivity index (χ1n) is 7.05. The molecule has 1 aromatic rings. The first kappa shape index (κ1) is 19.8. The Kier molecular flexibility index (Phi) is 7.40. The first-order valence-corrected chi connectivity index (χ1v) is 7.05. The van der Waals surface area contributed by atoms with Crippen molar-refractivity contribution in [2.24, 2.45) is 0 Å². The van der Waals surface area contributed by atoms with Crippen LogP contribution in [0.4, 0.5) is 13.2 Å². The molecule has 1 fully saturated rings. The van der Waals surface area contributed by atoms with E-state index in [2.05, 4.69) is 10.1 Å². The van der Waals surface area contributed by atoms with Gasteiger partial charge in [0.2, 0.25) is 0 Å². The van der Waals surface area contributed by atoms with Crippen molar-refractivity contribution in [2.75, 3.05) is 32.8 Å². The Hall–Kier alpha value is -1.22. The molecule has 1 atom stereocenters. The van der Waals surface area contributed by atoms with E-state index < -0.39 is 6.36 Å². The van der Waals surface area contributed by atoms with E-state index in [9.17, 15) is 23.4 Å². The molecule has 0 aliphatic carbocycles. The van der Waals surface area contributed by atoms with Crippen LogP contribution in [-0.2, 0) is 0 Å². The molecule has 0 unspecified atom stereocenters. The number of aliphatic hydroxyl groups is 1. The number of ether oxygens (including phenoxy) is 1. The van der Waals surface area contributed by atoms with Crippen molar-refractivity contribution in [2.45, 2.75) is 18.8 Å². The van der Waals surface area contributed by atoms with Crippen molar-refractivity contribution in [1.82, 2.24) is 10.2 Å². The Balaban J connectivity index is 0.00000264. The predicted molar refractivity (Wildman–Crippen MR) is 80.9 cm³/mol. The molecule has 1 saturated heterocycles. The van der Waals surface area contributed by atoms with Gasteiger partial charge in [0.15, 0.2) is 0 Å². The SMILES string of the molecule is Cl.OCC[C@H](c1cc(OC(F)(F)F)ccc1O)N1CCNCC1. The molecule has 5 nitrogen and oxygen atoms in total. The fourth-order valence-corrected chi connectivity index (χ4v) is 2.65.